The summed E-state index contributed by atoms with van der Waals surface area (Å²) in [6.45, 7) is 5.64. The van der Waals surface area contributed by atoms with Crippen LogP contribution in [0.1, 0.15) is 40.0 Å². The van der Waals surface area contributed by atoms with E-state index in [1.165, 1.54) is 4.90 Å². The maximum absolute atomic E-state index is 14.9. The van der Waals surface area contributed by atoms with E-state index in [0.29, 0.717) is 18.5 Å². The molecule has 2 aromatic carbocycles. The standard InChI is InChI=1S/C35H41N3O7/c1-4-21(2)26(20-39)38-31-33(42)37(25-15-14-23-10-5-6-11-24(23)18-25)17-9-16-35(31)30(32(38)41)29-27(45-35)12-7-8-13-28(40)36-19-22(3)44-34(29)43/h5-7,9-12,14-16,18,21-22,26-27,29-31,39H,4,8,13,17,19-20H2,1-3H3,(H,36,40)/b12-7-/t21-,22+,26-,27+,29-,30-,31+,35-/m0/s1. The number of nitrogens with one attached hydrogen (secondary N) is 1. The fourth-order valence-corrected chi connectivity index (χ4v) is 7.35. The number of cyclic esters (lactones) is 1. The molecule has 2 saturated heterocycles. The van der Waals surface area contributed by atoms with Crippen LogP contribution < -0.4 is 10.2 Å². The number of rotatable bonds is 5. The van der Waals surface area contributed by atoms with Gasteiger partial charge in [0.25, 0.3) is 5.91 Å². The van der Waals surface area contributed by atoms with Gasteiger partial charge in [-0.15, -0.1) is 0 Å². The quantitative estimate of drug-likeness (QED) is 0.391. The molecule has 0 aliphatic carbocycles. The van der Waals surface area contributed by atoms with Gasteiger partial charge in [0.2, 0.25) is 11.8 Å². The van der Waals surface area contributed by atoms with Crippen LogP contribution in [0, 0.1) is 17.8 Å². The highest BCUT2D eigenvalue weighted by Crippen LogP contribution is 2.54. The second kappa shape index (κ2) is 12.4. The number of esters is 1. The first kappa shape index (κ1) is 31.0. The van der Waals surface area contributed by atoms with Crippen LogP contribution in [0.25, 0.3) is 10.8 Å². The first-order chi connectivity index (χ1) is 21.7. The molecule has 45 heavy (non-hydrogen) atoms. The Kier molecular flexibility index (Phi) is 8.54. The Morgan fingerprint density at radius 1 is 1.07 bits per heavy atom. The van der Waals surface area contributed by atoms with E-state index in [1.807, 2.05) is 62.4 Å². The molecule has 2 aromatic rings. The zero-order valence-electron chi connectivity index (χ0n) is 25.9. The lowest BCUT2D eigenvalue weighted by Crippen LogP contribution is -2.59. The number of nitrogens with zero attached hydrogens (tertiary/aromatic N) is 2. The molecule has 1 spiro atoms. The fraction of sp³-hybridized carbons (Fsp3) is 0.486. The molecule has 0 saturated carbocycles. The number of amides is 3. The van der Waals surface area contributed by atoms with Crippen LogP contribution >= 0.6 is 0 Å². The zero-order valence-corrected chi connectivity index (χ0v) is 25.9. The van der Waals surface area contributed by atoms with E-state index in [0.717, 1.165) is 10.8 Å². The summed E-state index contributed by atoms with van der Waals surface area (Å²) < 4.78 is 12.6. The van der Waals surface area contributed by atoms with Gasteiger partial charge in [-0.2, -0.15) is 0 Å². The number of allylic oxidation sites excluding steroid dienone is 1. The van der Waals surface area contributed by atoms with Gasteiger partial charge in [-0.25, -0.2) is 0 Å². The topological polar surface area (TPSA) is 125 Å². The molecule has 0 aromatic heterocycles. The van der Waals surface area contributed by atoms with E-state index in [2.05, 4.69) is 5.32 Å². The highest BCUT2D eigenvalue weighted by molar-refractivity contribution is 6.06. The second-order valence-corrected chi connectivity index (χ2v) is 12.6. The molecule has 238 valence electrons. The number of anilines is 1. The van der Waals surface area contributed by atoms with Crippen molar-refractivity contribution in [1.82, 2.24) is 10.2 Å². The SMILES string of the molecule is CC[C@H](C)[C@H](CO)N1C(=O)[C@@H]2[C@H]3C(=O)O[C@H](C)CNC(=O)CC/C=C\[C@H]3O[C@@]23C=CCN(c2ccc4ccccc4c2)C(=O)[C@@H]13. The molecule has 0 bridgehead atoms. The molecule has 2 N–H and O–H groups in total. The van der Waals surface area contributed by atoms with Crippen LogP contribution in [0.5, 0.6) is 0 Å². The number of aliphatic hydroxyl groups is 1. The van der Waals surface area contributed by atoms with Crippen molar-refractivity contribution in [1.29, 1.82) is 0 Å². The molecule has 10 nitrogen and oxygen atoms in total. The lowest BCUT2D eigenvalue weighted by molar-refractivity contribution is -0.159. The normalized spacial score (nSPS) is 32.4. The highest BCUT2D eigenvalue weighted by Gasteiger charge is 2.72. The average Bonchev–Trinajstić information content (AvgIpc) is 3.42. The summed E-state index contributed by atoms with van der Waals surface area (Å²) in [5, 5.41) is 15.4. The predicted octanol–water partition coefficient (Wildman–Crippen LogP) is 3.13. The van der Waals surface area contributed by atoms with E-state index in [-0.39, 0.29) is 43.8 Å². The van der Waals surface area contributed by atoms with Gasteiger partial charge in [0.15, 0.2) is 0 Å². The number of carbonyl (C=O) groups excluding carboxylic acids is 4. The summed E-state index contributed by atoms with van der Waals surface area (Å²) in [5.41, 5.74) is -0.799. The first-order valence-corrected chi connectivity index (χ1v) is 15.9. The molecule has 4 aliphatic rings. The van der Waals surface area contributed by atoms with Gasteiger partial charge in [0, 0.05) is 18.7 Å². The summed E-state index contributed by atoms with van der Waals surface area (Å²) in [6.07, 6.45) is 6.97. The number of hydrogen-bond donors (Lipinski definition) is 2. The first-order valence-electron chi connectivity index (χ1n) is 15.9. The number of ether oxygens (including phenoxy) is 2. The minimum absolute atomic E-state index is 0.133. The maximum atomic E-state index is 14.9. The molecule has 2 fully saturated rings. The Bertz CT molecular complexity index is 1550. The van der Waals surface area contributed by atoms with Crippen LogP contribution in [0.4, 0.5) is 5.69 Å². The van der Waals surface area contributed by atoms with Gasteiger partial charge >= 0.3 is 5.97 Å². The van der Waals surface area contributed by atoms with E-state index < -0.39 is 53.6 Å². The van der Waals surface area contributed by atoms with Crippen molar-refractivity contribution in [2.24, 2.45) is 17.8 Å². The van der Waals surface area contributed by atoms with Crippen LogP contribution in [-0.2, 0) is 28.7 Å². The number of carbonyl (C=O) groups is 4. The van der Waals surface area contributed by atoms with Gasteiger partial charge in [-0.3, -0.25) is 19.2 Å². The molecule has 10 heteroatoms. The number of aliphatic hydroxyl groups excluding tert-OH is 1. The summed E-state index contributed by atoms with van der Waals surface area (Å²) >= 11 is 0. The zero-order chi connectivity index (χ0) is 31.9. The number of hydrogen-bond acceptors (Lipinski definition) is 7. The molecular formula is C35H41N3O7. The van der Waals surface area contributed by atoms with E-state index >= 15 is 0 Å². The number of benzene rings is 2. The number of fused-ring (bicyclic) bond motifs is 3. The molecule has 4 heterocycles. The third kappa shape index (κ3) is 5.33. The third-order valence-electron chi connectivity index (χ3n) is 9.86. The molecule has 3 amide bonds. The van der Waals surface area contributed by atoms with Gasteiger partial charge in [0.05, 0.1) is 31.2 Å². The Morgan fingerprint density at radius 3 is 2.60 bits per heavy atom. The van der Waals surface area contributed by atoms with Crippen molar-refractivity contribution in [2.45, 2.75) is 69.9 Å². The fourth-order valence-electron chi connectivity index (χ4n) is 7.35. The lowest BCUT2D eigenvalue weighted by atomic mass is 9.78. The summed E-state index contributed by atoms with van der Waals surface area (Å²) in [7, 11) is 0. The monoisotopic (exact) mass is 615 g/mol. The van der Waals surface area contributed by atoms with Gasteiger partial charge < -0.3 is 29.7 Å². The van der Waals surface area contributed by atoms with Crippen molar-refractivity contribution in [3.63, 3.8) is 0 Å². The Balaban J connectivity index is 1.47. The van der Waals surface area contributed by atoms with E-state index in [1.54, 1.807) is 30.1 Å². The van der Waals surface area contributed by atoms with Crippen molar-refractivity contribution in [2.75, 3.05) is 24.6 Å². The van der Waals surface area contributed by atoms with Crippen LogP contribution in [0.15, 0.2) is 66.8 Å². The van der Waals surface area contributed by atoms with Gasteiger partial charge in [-0.05, 0) is 42.2 Å². The van der Waals surface area contributed by atoms with Crippen molar-refractivity contribution in [3.05, 3.63) is 66.8 Å². The molecule has 8 atom stereocenters. The Labute approximate surface area is 263 Å². The van der Waals surface area contributed by atoms with Gasteiger partial charge in [0.1, 0.15) is 23.7 Å². The molecule has 4 aliphatic heterocycles. The molecule has 0 radical (unpaired) electrons. The predicted molar refractivity (Wildman–Crippen MR) is 168 cm³/mol. The highest BCUT2D eigenvalue weighted by atomic mass is 16.6. The summed E-state index contributed by atoms with van der Waals surface area (Å²) in [5.74, 6) is -3.74. The molecular weight excluding hydrogens is 574 g/mol. The smallest absolute Gasteiger partial charge is 0.313 e. The summed E-state index contributed by atoms with van der Waals surface area (Å²) in [4.78, 5) is 58.8. The largest absolute Gasteiger partial charge is 0.460 e. The van der Waals surface area contributed by atoms with Gasteiger partial charge in [-0.1, -0.05) is 74.9 Å². The molecule has 6 rings (SSSR count). The summed E-state index contributed by atoms with van der Waals surface area (Å²) in [6, 6.07) is 11.9. The van der Waals surface area contributed by atoms with Crippen LogP contribution in [0.2, 0.25) is 0 Å². The maximum Gasteiger partial charge on any atom is 0.313 e. The minimum Gasteiger partial charge on any atom is -0.460 e. The lowest BCUT2D eigenvalue weighted by Gasteiger charge is -2.40. The number of likely N-dealkylation sites (tertiary alicyclic amines) is 1. The van der Waals surface area contributed by atoms with Crippen molar-refractivity contribution in [3.8, 4) is 0 Å². The average molecular weight is 616 g/mol. The van der Waals surface area contributed by atoms with Crippen LogP contribution in [-0.4, -0.2) is 83.3 Å². The van der Waals surface area contributed by atoms with Crippen LogP contribution in [0.3, 0.4) is 0 Å². The van der Waals surface area contributed by atoms with E-state index in [4.69, 9.17) is 9.47 Å². The van der Waals surface area contributed by atoms with Crippen molar-refractivity contribution >= 4 is 40.2 Å². The third-order valence-corrected chi connectivity index (χ3v) is 9.86. The molecule has 0 unspecified atom stereocenters. The van der Waals surface area contributed by atoms with Crippen molar-refractivity contribution < 1.29 is 33.8 Å². The Morgan fingerprint density at radius 2 is 1.84 bits per heavy atom. The Hall–Kier alpha value is -4.02. The second-order valence-electron chi connectivity index (χ2n) is 12.6. The van der Waals surface area contributed by atoms with E-state index in [9.17, 15) is 24.3 Å². The minimum atomic E-state index is -1.48.